The van der Waals surface area contributed by atoms with Gasteiger partial charge in [0.2, 0.25) is 10.0 Å². The third-order valence-electron chi connectivity index (χ3n) is 5.73. The van der Waals surface area contributed by atoms with Crippen LogP contribution in [0.4, 0.5) is 5.82 Å². The lowest BCUT2D eigenvalue weighted by atomic mass is 10.2. The molecule has 0 saturated heterocycles. The van der Waals surface area contributed by atoms with Crippen molar-refractivity contribution in [3.63, 3.8) is 0 Å². The van der Waals surface area contributed by atoms with Crippen molar-refractivity contribution in [2.75, 3.05) is 11.9 Å². The maximum Gasteiger partial charge on any atom is 0.243 e. The molecule has 0 aliphatic heterocycles. The van der Waals surface area contributed by atoms with E-state index >= 15 is 0 Å². The van der Waals surface area contributed by atoms with E-state index < -0.39 is 10.0 Å². The summed E-state index contributed by atoms with van der Waals surface area (Å²) in [5.74, 6) is 0.913. The number of hydrogen-bond acceptors (Lipinski definition) is 4. The highest BCUT2D eigenvalue weighted by atomic mass is 32.2. The topological polar surface area (TPSA) is 53.5 Å². The Morgan fingerprint density at radius 2 is 1.21 bits per heavy atom. The summed E-state index contributed by atoms with van der Waals surface area (Å²) < 4.78 is 28.8. The molecule has 1 heterocycles. The lowest BCUT2D eigenvalue weighted by molar-refractivity contribution is 0.401. The van der Waals surface area contributed by atoms with Gasteiger partial charge in [0.1, 0.15) is 5.82 Å². The number of hydrogen-bond donors (Lipinski definition) is 0. The smallest absolute Gasteiger partial charge is 0.243 e. The predicted octanol–water partition coefficient (Wildman–Crippen LogP) is 5.42. The van der Waals surface area contributed by atoms with Gasteiger partial charge in [-0.05, 0) is 47.4 Å². The van der Waals surface area contributed by atoms with Crippen LogP contribution >= 0.6 is 0 Å². The van der Waals surface area contributed by atoms with Crippen molar-refractivity contribution >= 4 is 15.8 Å². The van der Waals surface area contributed by atoms with Crippen molar-refractivity contribution in [3.05, 3.63) is 126 Å². The van der Waals surface area contributed by atoms with E-state index in [1.54, 1.807) is 18.3 Å². The van der Waals surface area contributed by atoms with Gasteiger partial charge in [0.05, 0.1) is 4.90 Å². The Labute approximate surface area is 202 Å². The van der Waals surface area contributed by atoms with Crippen LogP contribution in [-0.2, 0) is 29.7 Å². The minimum atomic E-state index is -3.69. The molecule has 0 unspecified atom stereocenters. The Morgan fingerprint density at radius 1 is 0.676 bits per heavy atom. The van der Waals surface area contributed by atoms with Crippen LogP contribution in [0.2, 0.25) is 0 Å². The molecule has 0 aliphatic rings. The number of nitrogens with zero attached hydrogens (tertiary/aromatic N) is 3. The Morgan fingerprint density at radius 3 is 1.74 bits per heavy atom. The molecule has 34 heavy (non-hydrogen) atoms. The highest BCUT2D eigenvalue weighted by molar-refractivity contribution is 7.89. The van der Waals surface area contributed by atoms with Crippen molar-refractivity contribution in [2.45, 2.75) is 31.5 Å². The van der Waals surface area contributed by atoms with Crippen LogP contribution in [0.3, 0.4) is 0 Å². The van der Waals surface area contributed by atoms with Gasteiger partial charge >= 0.3 is 0 Å². The Balaban J connectivity index is 1.56. The number of anilines is 1. The zero-order valence-electron chi connectivity index (χ0n) is 19.5. The highest BCUT2D eigenvalue weighted by Crippen LogP contribution is 2.23. The number of rotatable bonds is 9. The number of sulfonamides is 1. The van der Waals surface area contributed by atoms with E-state index in [0.717, 1.165) is 28.1 Å². The Hall–Kier alpha value is -3.48. The van der Waals surface area contributed by atoms with Crippen molar-refractivity contribution in [2.24, 2.45) is 0 Å². The fourth-order valence-electron chi connectivity index (χ4n) is 3.94. The van der Waals surface area contributed by atoms with Crippen LogP contribution in [0.15, 0.2) is 108 Å². The molecule has 3 aromatic carbocycles. The Kier molecular flexibility index (Phi) is 7.40. The summed E-state index contributed by atoms with van der Waals surface area (Å²) in [5.41, 5.74) is 4.02. The third kappa shape index (κ3) is 5.71. The predicted molar refractivity (Wildman–Crippen MR) is 137 cm³/mol. The molecule has 0 bridgehead atoms. The van der Waals surface area contributed by atoms with Crippen LogP contribution in [-0.4, -0.2) is 24.8 Å². The average Bonchev–Trinajstić information content (AvgIpc) is 2.85. The molecule has 0 fully saturated rings. The Bertz CT molecular complexity index is 1270. The van der Waals surface area contributed by atoms with E-state index in [2.05, 4.69) is 9.88 Å². The van der Waals surface area contributed by atoms with Gasteiger partial charge in [-0.15, -0.1) is 0 Å². The first-order chi connectivity index (χ1) is 16.4. The first-order valence-corrected chi connectivity index (χ1v) is 12.7. The number of pyridine rings is 1. The summed E-state index contributed by atoms with van der Waals surface area (Å²) in [6, 6.07) is 30.5. The quantitative estimate of drug-likeness (QED) is 0.327. The summed E-state index contributed by atoms with van der Waals surface area (Å²) in [6.07, 6.45) is 1.78. The zero-order chi connectivity index (χ0) is 24.0. The SMILES string of the molecule is Cc1cccnc1N(C)Cc1ccc(S(=O)(=O)N(Cc2ccccc2)Cc2ccccc2)cc1. The number of benzene rings is 3. The fourth-order valence-corrected chi connectivity index (χ4v) is 5.36. The van der Waals surface area contributed by atoms with Gasteiger partial charge in [0.25, 0.3) is 0 Å². The van der Waals surface area contributed by atoms with Crippen LogP contribution in [0.5, 0.6) is 0 Å². The van der Waals surface area contributed by atoms with Gasteiger partial charge in [-0.25, -0.2) is 13.4 Å². The lowest BCUT2D eigenvalue weighted by Crippen LogP contribution is -2.30. The van der Waals surface area contributed by atoms with Gasteiger partial charge in [0, 0.05) is 32.9 Å². The monoisotopic (exact) mass is 471 g/mol. The van der Waals surface area contributed by atoms with Gasteiger partial charge in [0.15, 0.2) is 0 Å². The fraction of sp³-hybridized carbons (Fsp3) is 0.179. The second-order valence-electron chi connectivity index (χ2n) is 8.39. The molecule has 0 spiro atoms. The molecule has 0 N–H and O–H groups in total. The highest BCUT2D eigenvalue weighted by Gasteiger charge is 2.25. The largest absolute Gasteiger partial charge is 0.355 e. The van der Waals surface area contributed by atoms with Gasteiger partial charge in [-0.3, -0.25) is 0 Å². The van der Waals surface area contributed by atoms with Gasteiger partial charge in [-0.1, -0.05) is 78.9 Å². The molecule has 6 heteroatoms. The second kappa shape index (κ2) is 10.6. The van der Waals surface area contributed by atoms with Gasteiger partial charge < -0.3 is 4.90 Å². The van der Waals surface area contributed by atoms with E-state index in [-0.39, 0.29) is 0 Å². The molecule has 4 rings (SSSR count). The second-order valence-corrected chi connectivity index (χ2v) is 10.3. The summed E-state index contributed by atoms with van der Waals surface area (Å²) in [6.45, 7) is 3.28. The average molecular weight is 472 g/mol. The van der Waals surface area contributed by atoms with Crippen LogP contribution in [0.1, 0.15) is 22.3 Å². The van der Waals surface area contributed by atoms with E-state index in [4.69, 9.17) is 0 Å². The standard InChI is InChI=1S/C28H29N3O2S/c1-23-10-9-19-29-28(23)30(2)20-26-15-17-27(18-16-26)34(32,33)31(21-24-11-5-3-6-12-24)22-25-13-7-4-8-14-25/h3-19H,20-22H2,1-2H3. The van der Waals surface area contributed by atoms with Crippen molar-refractivity contribution in [1.82, 2.24) is 9.29 Å². The maximum absolute atomic E-state index is 13.6. The van der Waals surface area contributed by atoms with E-state index in [1.165, 1.54) is 4.31 Å². The van der Waals surface area contributed by atoms with Crippen LogP contribution < -0.4 is 4.90 Å². The van der Waals surface area contributed by atoms with E-state index in [1.807, 2.05) is 98.9 Å². The van der Waals surface area contributed by atoms with Crippen molar-refractivity contribution in [3.8, 4) is 0 Å². The number of aromatic nitrogens is 1. The lowest BCUT2D eigenvalue weighted by Gasteiger charge is -2.23. The number of aryl methyl sites for hydroxylation is 1. The molecule has 174 valence electrons. The summed E-state index contributed by atoms with van der Waals surface area (Å²) >= 11 is 0. The molecule has 0 radical (unpaired) electrons. The minimum Gasteiger partial charge on any atom is -0.355 e. The van der Waals surface area contributed by atoms with Crippen molar-refractivity contribution in [1.29, 1.82) is 0 Å². The van der Waals surface area contributed by atoms with E-state index in [9.17, 15) is 8.42 Å². The molecule has 0 saturated carbocycles. The molecule has 0 atom stereocenters. The normalized spacial score (nSPS) is 11.5. The molecular weight excluding hydrogens is 442 g/mol. The summed E-state index contributed by atoms with van der Waals surface area (Å²) in [4.78, 5) is 6.81. The first-order valence-electron chi connectivity index (χ1n) is 11.2. The van der Waals surface area contributed by atoms with Crippen LogP contribution in [0, 0.1) is 6.92 Å². The van der Waals surface area contributed by atoms with Crippen LogP contribution in [0.25, 0.3) is 0 Å². The zero-order valence-corrected chi connectivity index (χ0v) is 20.3. The molecule has 5 nitrogen and oxygen atoms in total. The molecular formula is C28H29N3O2S. The molecule has 0 aliphatic carbocycles. The minimum absolute atomic E-state index is 0.291. The summed E-state index contributed by atoms with van der Waals surface area (Å²) in [5, 5.41) is 0. The first kappa shape index (κ1) is 23.7. The van der Waals surface area contributed by atoms with E-state index in [0.29, 0.717) is 24.5 Å². The maximum atomic E-state index is 13.6. The molecule has 1 aromatic heterocycles. The van der Waals surface area contributed by atoms with Gasteiger partial charge in [-0.2, -0.15) is 4.31 Å². The third-order valence-corrected chi connectivity index (χ3v) is 7.53. The molecule has 4 aromatic rings. The molecule has 0 amide bonds. The van der Waals surface area contributed by atoms with Crippen molar-refractivity contribution < 1.29 is 8.42 Å². The summed E-state index contributed by atoms with van der Waals surface area (Å²) in [7, 11) is -1.71.